The fourth-order valence-electron chi connectivity index (χ4n) is 0.718. The number of hydrogen-bond donors (Lipinski definition) is 2. The molecule has 0 unspecified atom stereocenters. The fraction of sp³-hybridized carbons (Fsp3) is 0.667. The van der Waals surface area contributed by atoms with E-state index in [1.54, 1.807) is 0 Å². The third-order valence-electron chi connectivity index (χ3n) is 1.21. The average molecular weight is 191 g/mol. The van der Waals surface area contributed by atoms with E-state index < -0.39 is 16.3 Å². The topological polar surface area (TPSA) is 75.6 Å². The van der Waals surface area contributed by atoms with Crippen LogP contribution in [0.25, 0.3) is 0 Å². The van der Waals surface area contributed by atoms with Gasteiger partial charge in [-0.05, 0) is 0 Å². The van der Waals surface area contributed by atoms with Gasteiger partial charge in [0, 0.05) is 6.42 Å². The number of nitrogens with one attached hydrogen (secondary N) is 1. The largest absolute Gasteiger partial charge is 0.394 e. The van der Waals surface area contributed by atoms with Crippen LogP contribution in [-0.4, -0.2) is 32.8 Å². The Labute approximate surface area is 71.0 Å². The summed E-state index contributed by atoms with van der Waals surface area (Å²) in [7, 11) is -3.72. The molecule has 0 amide bonds. The van der Waals surface area contributed by atoms with Crippen LogP contribution in [0.2, 0.25) is 0 Å². The van der Waals surface area contributed by atoms with E-state index in [2.05, 4.69) is 20.7 Å². The lowest BCUT2D eigenvalue weighted by Gasteiger charge is -2.11. The molecule has 0 bridgehead atoms. The molecule has 0 saturated carbocycles. The maximum atomic E-state index is 10.9. The molecule has 1 rings (SSSR count). The van der Waals surface area contributed by atoms with Gasteiger partial charge in [-0.3, -0.25) is 4.18 Å². The van der Waals surface area contributed by atoms with Gasteiger partial charge >= 0.3 is 10.3 Å². The highest BCUT2D eigenvalue weighted by Gasteiger charge is 2.16. The Hall–Kier alpha value is -0.610. The van der Waals surface area contributed by atoms with Crippen molar-refractivity contribution < 1.29 is 17.7 Å². The van der Waals surface area contributed by atoms with Gasteiger partial charge in [0.15, 0.2) is 0 Å². The van der Waals surface area contributed by atoms with Crippen molar-refractivity contribution in [3.8, 4) is 11.8 Å². The van der Waals surface area contributed by atoms with E-state index in [0.717, 1.165) is 0 Å². The molecule has 1 heterocycles. The van der Waals surface area contributed by atoms with Crippen molar-refractivity contribution in [3.63, 3.8) is 0 Å². The van der Waals surface area contributed by atoms with Crippen LogP contribution >= 0.6 is 0 Å². The van der Waals surface area contributed by atoms with Crippen LogP contribution in [0.3, 0.4) is 0 Å². The first-order valence-corrected chi connectivity index (χ1v) is 4.81. The summed E-state index contributed by atoms with van der Waals surface area (Å²) in [5.41, 5.74) is 0. The van der Waals surface area contributed by atoms with Crippen molar-refractivity contribution in [2.24, 2.45) is 0 Å². The van der Waals surface area contributed by atoms with Gasteiger partial charge < -0.3 is 5.11 Å². The van der Waals surface area contributed by atoms with Gasteiger partial charge in [-0.15, -0.1) is 0 Å². The Morgan fingerprint density at radius 3 is 3.08 bits per heavy atom. The van der Waals surface area contributed by atoms with Crippen LogP contribution in [0.15, 0.2) is 0 Å². The smallest absolute Gasteiger partial charge is 0.337 e. The molecule has 1 aliphatic rings. The van der Waals surface area contributed by atoms with Crippen molar-refractivity contribution in [1.82, 2.24) is 4.72 Å². The predicted molar refractivity (Wildman–Crippen MR) is 41.3 cm³/mol. The van der Waals surface area contributed by atoms with Gasteiger partial charge in [-0.25, -0.2) is 0 Å². The first-order valence-electron chi connectivity index (χ1n) is 3.40. The van der Waals surface area contributed by atoms with Crippen molar-refractivity contribution in [2.75, 3.05) is 13.2 Å². The number of hydrogen-bond acceptors (Lipinski definition) is 4. The second-order valence-electron chi connectivity index (χ2n) is 2.20. The van der Waals surface area contributed by atoms with E-state index in [9.17, 15) is 8.42 Å². The summed E-state index contributed by atoms with van der Waals surface area (Å²) in [5.74, 6) is 5.22. The van der Waals surface area contributed by atoms with Crippen molar-refractivity contribution in [2.45, 2.75) is 12.5 Å². The minimum atomic E-state index is -3.72. The van der Waals surface area contributed by atoms with E-state index >= 15 is 0 Å². The lowest BCUT2D eigenvalue weighted by molar-refractivity contribution is 0.266. The molecule has 12 heavy (non-hydrogen) atoms. The van der Waals surface area contributed by atoms with Gasteiger partial charge in [-0.2, -0.15) is 13.1 Å². The van der Waals surface area contributed by atoms with E-state index in [1.807, 2.05) is 0 Å². The molecule has 5 nitrogen and oxygen atoms in total. The van der Waals surface area contributed by atoms with Crippen molar-refractivity contribution in [3.05, 3.63) is 0 Å². The Morgan fingerprint density at radius 2 is 2.42 bits per heavy atom. The van der Waals surface area contributed by atoms with Gasteiger partial charge in [0.2, 0.25) is 0 Å². The molecule has 6 heteroatoms. The third kappa shape index (κ3) is 2.79. The van der Waals surface area contributed by atoms with E-state index in [4.69, 9.17) is 5.11 Å². The van der Waals surface area contributed by atoms with Gasteiger partial charge in [0.1, 0.15) is 6.04 Å². The minimum Gasteiger partial charge on any atom is -0.394 e. The zero-order valence-electron chi connectivity index (χ0n) is 6.28. The normalized spacial score (nSPS) is 27.9. The number of rotatable bonds is 1. The summed E-state index contributed by atoms with van der Waals surface area (Å²) in [6.07, 6.45) is 0.359. The molecule has 0 aromatic carbocycles. The summed E-state index contributed by atoms with van der Waals surface area (Å²) < 4.78 is 28.3. The maximum absolute atomic E-state index is 10.9. The van der Waals surface area contributed by atoms with Crippen molar-refractivity contribution in [1.29, 1.82) is 0 Å². The molecule has 0 aromatic heterocycles. The van der Waals surface area contributed by atoms with Gasteiger partial charge in [0.25, 0.3) is 0 Å². The van der Waals surface area contributed by atoms with Crippen molar-refractivity contribution >= 4 is 10.3 Å². The summed E-state index contributed by atoms with van der Waals surface area (Å²) in [4.78, 5) is 0. The Kier molecular flexibility index (Phi) is 3.05. The Balaban J connectivity index is 2.76. The second-order valence-corrected chi connectivity index (χ2v) is 3.58. The summed E-state index contributed by atoms with van der Waals surface area (Å²) in [6, 6.07) is -0.754. The monoisotopic (exact) mass is 191 g/mol. The molecule has 68 valence electrons. The van der Waals surface area contributed by atoms with Crippen LogP contribution in [0.4, 0.5) is 0 Å². The Bertz CT molecular complexity index is 299. The molecule has 0 spiro atoms. The number of aliphatic hydroxyl groups is 1. The lowest BCUT2D eigenvalue weighted by Crippen LogP contribution is -2.38. The van der Waals surface area contributed by atoms with Gasteiger partial charge in [-0.1, -0.05) is 11.8 Å². The maximum Gasteiger partial charge on any atom is 0.337 e. The molecular weight excluding hydrogens is 182 g/mol. The zero-order valence-corrected chi connectivity index (χ0v) is 7.10. The third-order valence-corrected chi connectivity index (χ3v) is 2.26. The molecule has 1 aliphatic heterocycles. The quantitative estimate of drug-likeness (QED) is 0.500. The van der Waals surface area contributed by atoms with Gasteiger partial charge in [0.05, 0.1) is 13.2 Å². The second kappa shape index (κ2) is 3.87. The molecule has 0 saturated heterocycles. The zero-order chi connectivity index (χ0) is 9.03. The van der Waals surface area contributed by atoms with E-state index in [1.165, 1.54) is 0 Å². The first-order chi connectivity index (χ1) is 5.64. The van der Waals surface area contributed by atoms with Crippen LogP contribution < -0.4 is 4.72 Å². The van der Waals surface area contributed by atoms with Crippen LogP contribution in [0.1, 0.15) is 6.42 Å². The highest BCUT2D eigenvalue weighted by Crippen LogP contribution is 1.96. The molecule has 0 aliphatic carbocycles. The predicted octanol–water partition coefficient (Wildman–Crippen LogP) is -1.39. The molecule has 1 atom stereocenters. The van der Waals surface area contributed by atoms with Crippen LogP contribution in [0, 0.1) is 11.8 Å². The van der Waals surface area contributed by atoms with Crippen LogP contribution in [0.5, 0.6) is 0 Å². The SMILES string of the molecule is O=S1(=O)N[C@@H](CO)C#CCCO1. The number of aliphatic hydroxyl groups excluding tert-OH is 1. The molecule has 2 N–H and O–H groups in total. The van der Waals surface area contributed by atoms with E-state index in [0.29, 0.717) is 6.42 Å². The molecule has 0 radical (unpaired) electrons. The lowest BCUT2D eigenvalue weighted by atomic mass is 10.3. The molecule has 0 aromatic rings. The van der Waals surface area contributed by atoms with Crippen LogP contribution in [-0.2, 0) is 14.5 Å². The minimum absolute atomic E-state index is 0.0560. The highest BCUT2D eigenvalue weighted by atomic mass is 32.2. The highest BCUT2D eigenvalue weighted by molar-refractivity contribution is 7.84. The molecule has 0 fully saturated rings. The Morgan fingerprint density at radius 1 is 1.67 bits per heavy atom. The van der Waals surface area contributed by atoms with E-state index in [-0.39, 0.29) is 13.2 Å². The fourth-order valence-corrected chi connectivity index (χ4v) is 1.57. The molecular formula is C6H9NO4S. The first kappa shape index (κ1) is 9.48. The summed E-state index contributed by atoms with van der Waals surface area (Å²) in [6.45, 7) is -0.296. The summed E-state index contributed by atoms with van der Waals surface area (Å²) >= 11 is 0. The average Bonchev–Trinajstić information content (AvgIpc) is 1.97. The summed E-state index contributed by atoms with van der Waals surface area (Å²) in [5, 5.41) is 8.66. The standard InChI is InChI=1S/C6H9NO4S/c8-5-6-3-1-2-4-11-12(9,10)7-6/h6-8H,2,4-5H2/t6-/m1/s1.